The second kappa shape index (κ2) is 8.80. The molecule has 24 heavy (non-hydrogen) atoms. The minimum absolute atomic E-state index is 0.110. The normalized spacial score (nSPS) is 10.8. The van der Waals surface area contributed by atoms with Crippen molar-refractivity contribution in [1.29, 1.82) is 0 Å². The Morgan fingerprint density at radius 1 is 1.42 bits per heavy atom. The van der Waals surface area contributed by atoms with Crippen LogP contribution in [-0.4, -0.2) is 18.7 Å². The summed E-state index contributed by atoms with van der Waals surface area (Å²) in [5, 5.41) is 3.90. The van der Waals surface area contributed by atoms with Crippen LogP contribution in [0.3, 0.4) is 0 Å². The van der Waals surface area contributed by atoms with Crippen LogP contribution in [0, 0.1) is 5.82 Å². The second-order valence-electron chi connectivity index (χ2n) is 4.84. The summed E-state index contributed by atoms with van der Waals surface area (Å²) in [6, 6.07) is 9.94. The van der Waals surface area contributed by atoms with Crippen LogP contribution in [-0.2, 0) is 11.2 Å². The monoisotopic (exact) mass is 412 g/mol. The fraction of sp³-hybridized carbons (Fsp3) is 0.176. The van der Waals surface area contributed by atoms with Crippen LogP contribution in [0.2, 0.25) is 5.02 Å². The van der Waals surface area contributed by atoms with E-state index in [0.29, 0.717) is 5.75 Å². The first kappa shape index (κ1) is 18.4. The fourth-order valence-electron chi connectivity index (χ4n) is 1.86. The van der Waals surface area contributed by atoms with E-state index in [1.165, 1.54) is 18.2 Å². The molecule has 0 saturated heterocycles. The van der Waals surface area contributed by atoms with Crippen molar-refractivity contribution in [2.45, 2.75) is 13.3 Å². The summed E-state index contributed by atoms with van der Waals surface area (Å²) >= 11 is 9.25. The molecule has 0 aliphatic carbocycles. The Kier molecular flexibility index (Phi) is 6.75. The molecule has 7 heteroatoms. The van der Waals surface area contributed by atoms with E-state index in [9.17, 15) is 9.18 Å². The number of rotatable bonds is 6. The summed E-state index contributed by atoms with van der Waals surface area (Å²) < 4.78 is 19.7. The highest BCUT2D eigenvalue weighted by molar-refractivity contribution is 9.10. The van der Waals surface area contributed by atoms with Gasteiger partial charge in [-0.1, -0.05) is 30.7 Å². The third kappa shape index (κ3) is 5.04. The van der Waals surface area contributed by atoms with Gasteiger partial charge in [0.15, 0.2) is 6.61 Å². The smallest absolute Gasteiger partial charge is 0.277 e. The molecule has 0 aromatic heterocycles. The summed E-state index contributed by atoms with van der Waals surface area (Å²) in [5.74, 6) is -0.426. The molecule has 1 amide bonds. The van der Waals surface area contributed by atoms with Crippen LogP contribution in [0.5, 0.6) is 5.75 Å². The highest BCUT2D eigenvalue weighted by atomic mass is 79.9. The van der Waals surface area contributed by atoms with Gasteiger partial charge in [-0.3, -0.25) is 4.79 Å². The Morgan fingerprint density at radius 2 is 2.21 bits per heavy atom. The molecule has 2 aromatic rings. The molecule has 0 aliphatic heterocycles. The first-order valence-corrected chi connectivity index (χ1v) is 8.35. The van der Waals surface area contributed by atoms with Crippen molar-refractivity contribution in [3.63, 3.8) is 0 Å². The number of hydrogen-bond acceptors (Lipinski definition) is 3. The molecular weight excluding hydrogens is 399 g/mol. The average molecular weight is 414 g/mol. The minimum Gasteiger partial charge on any atom is -0.483 e. The van der Waals surface area contributed by atoms with Gasteiger partial charge in [-0.15, -0.1) is 0 Å². The Bertz CT molecular complexity index is 748. The van der Waals surface area contributed by atoms with Crippen LogP contribution in [0.1, 0.15) is 18.1 Å². The number of nitrogens with zero attached hydrogens (tertiary/aromatic N) is 1. The van der Waals surface area contributed by atoms with Gasteiger partial charge in [0.2, 0.25) is 0 Å². The molecule has 0 unspecified atom stereocenters. The molecule has 0 atom stereocenters. The maximum absolute atomic E-state index is 13.5. The first-order valence-electron chi connectivity index (χ1n) is 7.18. The topological polar surface area (TPSA) is 50.7 Å². The molecule has 2 rings (SSSR count). The number of ether oxygens (including phenoxy) is 1. The lowest BCUT2D eigenvalue weighted by Gasteiger charge is -2.08. The molecule has 1 N–H and O–H groups in total. The third-order valence-corrected chi connectivity index (χ3v) is 4.10. The van der Waals surface area contributed by atoms with Crippen molar-refractivity contribution < 1.29 is 13.9 Å². The lowest BCUT2D eigenvalue weighted by atomic mass is 10.2. The number of amides is 1. The SMILES string of the molecule is CCc1ccc(OCC(=O)NN=Cc2c(F)cccc2Cl)c(Br)c1. The van der Waals surface area contributed by atoms with Crippen molar-refractivity contribution >= 4 is 39.7 Å². The molecule has 0 fully saturated rings. The molecule has 0 saturated carbocycles. The van der Waals surface area contributed by atoms with Gasteiger partial charge in [-0.25, -0.2) is 9.82 Å². The number of aryl methyl sites for hydroxylation is 1. The van der Waals surface area contributed by atoms with E-state index in [1.807, 2.05) is 12.1 Å². The third-order valence-electron chi connectivity index (χ3n) is 3.15. The predicted molar refractivity (Wildman–Crippen MR) is 96.2 cm³/mol. The van der Waals surface area contributed by atoms with Gasteiger partial charge in [0.25, 0.3) is 5.91 Å². The summed E-state index contributed by atoms with van der Waals surface area (Å²) in [5.41, 5.74) is 3.53. The van der Waals surface area contributed by atoms with E-state index in [0.717, 1.165) is 22.7 Å². The van der Waals surface area contributed by atoms with Crippen molar-refractivity contribution in [3.05, 3.63) is 62.8 Å². The van der Waals surface area contributed by atoms with E-state index in [2.05, 4.69) is 33.4 Å². The van der Waals surface area contributed by atoms with Crippen LogP contribution in [0.15, 0.2) is 46.0 Å². The molecule has 0 spiro atoms. The molecule has 2 aromatic carbocycles. The summed E-state index contributed by atoms with van der Waals surface area (Å²) in [4.78, 5) is 11.7. The number of hydrazone groups is 1. The number of benzene rings is 2. The van der Waals surface area contributed by atoms with Gasteiger partial charge >= 0.3 is 0 Å². The zero-order valence-electron chi connectivity index (χ0n) is 12.9. The number of carbonyl (C=O) groups is 1. The van der Waals surface area contributed by atoms with Gasteiger partial charge < -0.3 is 4.74 Å². The number of carbonyl (C=O) groups excluding carboxylic acids is 1. The average Bonchev–Trinajstić information content (AvgIpc) is 2.56. The van der Waals surface area contributed by atoms with E-state index >= 15 is 0 Å². The van der Waals surface area contributed by atoms with Gasteiger partial charge in [-0.2, -0.15) is 5.10 Å². The largest absolute Gasteiger partial charge is 0.483 e. The number of hydrogen-bond donors (Lipinski definition) is 1. The molecule has 0 heterocycles. The standard InChI is InChI=1S/C17H15BrClFN2O2/c1-2-11-6-7-16(13(18)8-11)24-10-17(23)22-21-9-12-14(19)4-3-5-15(12)20/h3-9H,2,10H2,1H3,(H,22,23). The highest BCUT2D eigenvalue weighted by Crippen LogP contribution is 2.26. The molecule has 0 aliphatic rings. The number of halogens is 3. The predicted octanol–water partition coefficient (Wildman–Crippen LogP) is 4.33. The minimum atomic E-state index is -0.517. The van der Waals surface area contributed by atoms with Crippen LogP contribution >= 0.6 is 27.5 Å². The molecule has 126 valence electrons. The Labute approximate surface area is 152 Å². The zero-order valence-corrected chi connectivity index (χ0v) is 15.2. The molecule has 0 bridgehead atoms. The lowest BCUT2D eigenvalue weighted by Crippen LogP contribution is -2.24. The lowest BCUT2D eigenvalue weighted by molar-refractivity contribution is -0.123. The van der Waals surface area contributed by atoms with Gasteiger partial charge in [0.1, 0.15) is 11.6 Å². The van der Waals surface area contributed by atoms with Crippen LogP contribution in [0.4, 0.5) is 4.39 Å². The fourth-order valence-corrected chi connectivity index (χ4v) is 2.61. The van der Waals surface area contributed by atoms with Gasteiger partial charge in [-0.05, 0) is 52.2 Å². The van der Waals surface area contributed by atoms with Crippen molar-refractivity contribution in [1.82, 2.24) is 5.43 Å². The van der Waals surface area contributed by atoms with E-state index < -0.39 is 11.7 Å². The molecule has 4 nitrogen and oxygen atoms in total. The van der Waals surface area contributed by atoms with Gasteiger partial charge in [0, 0.05) is 5.56 Å². The van der Waals surface area contributed by atoms with Crippen LogP contribution < -0.4 is 10.2 Å². The summed E-state index contributed by atoms with van der Waals surface area (Å²) in [7, 11) is 0. The maximum Gasteiger partial charge on any atom is 0.277 e. The molecular formula is C17H15BrClFN2O2. The molecule has 0 radical (unpaired) electrons. The van der Waals surface area contributed by atoms with E-state index in [-0.39, 0.29) is 17.2 Å². The Hall–Kier alpha value is -1.92. The second-order valence-corrected chi connectivity index (χ2v) is 6.10. The number of nitrogens with one attached hydrogen (secondary N) is 1. The summed E-state index contributed by atoms with van der Waals surface area (Å²) in [6.07, 6.45) is 2.06. The highest BCUT2D eigenvalue weighted by Gasteiger charge is 2.07. The quantitative estimate of drug-likeness (QED) is 0.566. The summed E-state index contributed by atoms with van der Waals surface area (Å²) in [6.45, 7) is 1.84. The first-order chi connectivity index (χ1) is 11.5. The Balaban J connectivity index is 1.89. The zero-order chi connectivity index (χ0) is 17.5. The Morgan fingerprint density at radius 3 is 2.88 bits per heavy atom. The van der Waals surface area contributed by atoms with Gasteiger partial charge in [0.05, 0.1) is 15.7 Å². The maximum atomic E-state index is 13.5. The van der Waals surface area contributed by atoms with Crippen LogP contribution in [0.25, 0.3) is 0 Å². The van der Waals surface area contributed by atoms with E-state index in [1.54, 1.807) is 6.07 Å². The van der Waals surface area contributed by atoms with E-state index in [4.69, 9.17) is 16.3 Å². The van der Waals surface area contributed by atoms with Crippen molar-refractivity contribution in [2.75, 3.05) is 6.61 Å². The van der Waals surface area contributed by atoms with Crippen molar-refractivity contribution in [2.24, 2.45) is 5.10 Å². The van der Waals surface area contributed by atoms with Crippen molar-refractivity contribution in [3.8, 4) is 5.75 Å².